The van der Waals surface area contributed by atoms with Gasteiger partial charge >= 0.3 is 0 Å². The van der Waals surface area contributed by atoms with Crippen LogP contribution in [0.3, 0.4) is 0 Å². The molecule has 0 amide bonds. The maximum absolute atomic E-state index is 13.1. The topological polar surface area (TPSA) is 55.2 Å². The molecular weight excluding hydrogens is 378 g/mol. The monoisotopic (exact) mass is 399 g/mol. The highest BCUT2D eigenvalue weighted by Gasteiger charge is 2.50. The minimum atomic E-state index is -3.26. The minimum absolute atomic E-state index is 0.0580. The summed E-state index contributed by atoms with van der Waals surface area (Å²) in [5.41, 5.74) is 3.03. The highest BCUT2D eigenvalue weighted by atomic mass is 32.2. The van der Waals surface area contributed by atoms with Crippen molar-refractivity contribution >= 4 is 21.2 Å². The van der Waals surface area contributed by atoms with Crippen LogP contribution < -0.4 is 0 Å². The van der Waals surface area contributed by atoms with Gasteiger partial charge < -0.3 is 0 Å². The van der Waals surface area contributed by atoms with Crippen molar-refractivity contribution in [3.8, 4) is 11.1 Å². The van der Waals surface area contributed by atoms with E-state index in [0.29, 0.717) is 11.4 Å². The zero-order valence-corrected chi connectivity index (χ0v) is 16.9. The summed E-state index contributed by atoms with van der Waals surface area (Å²) >= 11 is 1.79. The molecule has 5 nitrogen and oxygen atoms in total. The SMILES string of the molecule is Cc1ccc(CN2C[C@@H]3[C@@H](C2)c2cc(-c4cnn(C)c4)ccc2S3(=O)=O)s1. The van der Waals surface area contributed by atoms with Gasteiger partial charge in [0.2, 0.25) is 0 Å². The van der Waals surface area contributed by atoms with E-state index in [1.165, 1.54) is 9.75 Å². The second-order valence-corrected chi connectivity index (χ2v) is 11.1. The lowest BCUT2D eigenvalue weighted by Gasteiger charge is -2.16. The van der Waals surface area contributed by atoms with Crippen molar-refractivity contribution in [2.45, 2.75) is 29.5 Å². The highest BCUT2D eigenvalue weighted by molar-refractivity contribution is 7.92. The van der Waals surface area contributed by atoms with Gasteiger partial charge in [0.1, 0.15) is 0 Å². The molecule has 2 aliphatic rings. The van der Waals surface area contributed by atoms with Gasteiger partial charge in [0.05, 0.1) is 16.3 Å². The van der Waals surface area contributed by atoms with Crippen molar-refractivity contribution in [3.63, 3.8) is 0 Å². The second kappa shape index (κ2) is 6.02. The van der Waals surface area contributed by atoms with E-state index in [2.05, 4.69) is 35.1 Å². The number of fused-ring (bicyclic) bond motifs is 3. The maximum atomic E-state index is 13.1. The summed E-state index contributed by atoms with van der Waals surface area (Å²) in [7, 11) is -1.37. The number of hydrogen-bond acceptors (Lipinski definition) is 5. The molecule has 4 heterocycles. The molecule has 3 aromatic rings. The fourth-order valence-electron chi connectivity index (χ4n) is 4.39. The number of nitrogens with zero attached hydrogens (tertiary/aromatic N) is 3. The molecular formula is C20H21N3O2S2. The molecule has 5 rings (SSSR count). The number of likely N-dealkylation sites (tertiary alicyclic amines) is 1. The van der Waals surface area contributed by atoms with Crippen LogP contribution in [0.2, 0.25) is 0 Å². The van der Waals surface area contributed by atoms with Gasteiger partial charge in [-0.05, 0) is 42.3 Å². The number of hydrogen-bond donors (Lipinski definition) is 0. The summed E-state index contributed by atoms with van der Waals surface area (Å²) in [5, 5.41) is 3.91. The van der Waals surface area contributed by atoms with Gasteiger partial charge in [-0.1, -0.05) is 6.07 Å². The Hall–Kier alpha value is -1.96. The van der Waals surface area contributed by atoms with E-state index in [4.69, 9.17) is 0 Å². The van der Waals surface area contributed by atoms with E-state index < -0.39 is 9.84 Å². The van der Waals surface area contributed by atoms with Crippen LogP contribution in [0.15, 0.2) is 47.6 Å². The maximum Gasteiger partial charge on any atom is 0.183 e. The highest BCUT2D eigenvalue weighted by Crippen LogP contribution is 2.46. The van der Waals surface area contributed by atoms with Crippen LogP contribution in [0.25, 0.3) is 11.1 Å². The zero-order valence-electron chi connectivity index (χ0n) is 15.3. The predicted molar refractivity (Wildman–Crippen MR) is 107 cm³/mol. The minimum Gasteiger partial charge on any atom is -0.296 e. The van der Waals surface area contributed by atoms with Crippen molar-refractivity contribution in [2.24, 2.45) is 7.05 Å². The Kier molecular flexibility index (Phi) is 3.83. The van der Waals surface area contributed by atoms with Crippen molar-refractivity contribution in [1.29, 1.82) is 0 Å². The van der Waals surface area contributed by atoms with E-state index in [1.54, 1.807) is 22.1 Å². The van der Waals surface area contributed by atoms with E-state index in [9.17, 15) is 8.42 Å². The smallest absolute Gasteiger partial charge is 0.183 e. The Morgan fingerprint density at radius 2 is 2.04 bits per heavy atom. The molecule has 0 spiro atoms. The van der Waals surface area contributed by atoms with Gasteiger partial charge in [0.15, 0.2) is 9.84 Å². The van der Waals surface area contributed by atoms with Crippen LogP contribution in [0.1, 0.15) is 21.2 Å². The Morgan fingerprint density at radius 1 is 1.19 bits per heavy atom. The lowest BCUT2D eigenvalue weighted by Crippen LogP contribution is -2.25. The second-order valence-electron chi connectivity index (χ2n) is 7.55. The average molecular weight is 400 g/mol. The normalized spacial score (nSPS) is 23.5. The zero-order chi connectivity index (χ0) is 18.8. The van der Waals surface area contributed by atoms with Crippen LogP contribution >= 0.6 is 11.3 Å². The third-order valence-electron chi connectivity index (χ3n) is 5.67. The molecule has 0 bridgehead atoms. The molecule has 1 fully saturated rings. The van der Waals surface area contributed by atoms with Gasteiger partial charge in [-0.15, -0.1) is 11.3 Å². The quantitative estimate of drug-likeness (QED) is 0.679. The molecule has 7 heteroatoms. The summed E-state index contributed by atoms with van der Waals surface area (Å²) in [6.45, 7) is 4.34. The Bertz CT molecular complexity index is 1130. The van der Waals surface area contributed by atoms with Crippen molar-refractivity contribution in [3.05, 3.63) is 58.0 Å². The number of rotatable bonds is 3. The van der Waals surface area contributed by atoms with Gasteiger partial charge in [0.25, 0.3) is 0 Å². The number of benzene rings is 1. The number of sulfone groups is 1. The van der Waals surface area contributed by atoms with E-state index in [0.717, 1.165) is 29.8 Å². The summed E-state index contributed by atoms with van der Waals surface area (Å²) in [5.74, 6) is 0.0580. The van der Waals surface area contributed by atoms with Gasteiger partial charge in [-0.3, -0.25) is 9.58 Å². The van der Waals surface area contributed by atoms with E-state index in [-0.39, 0.29) is 11.2 Å². The van der Waals surface area contributed by atoms with E-state index in [1.807, 2.05) is 25.5 Å². The first-order valence-corrected chi connectivity index (χ1v) is 11.4. The number of aryl methyl sites for hydroxylation is 2. The largest absolute Gasteiger partial charge is 0.296 e. The fourth-order valence-corrected chi connectivity index (χ4v) is 7.52. The third kappa shape index (κ3) is 2.76. The molecule has 27 heavy (non-hydrogen) atoms. The predicted octanol–water partition coefficient (Wildman–Crippen LogP) is 3.21. The lowest BCUT2D eigenvalue weighted by molar-refractivity contribution is 0.328. The van der Waals surface area contributed by atoms with Crippen molar-refractivity contribution in [1.82, 2.24) is 14.7 Å². The summed E-state index contributed by atoms with van der Waals surface area (Å²) in [6.07, 6.45) is 3.78. The number of thiophene rings is 1. The van der Waals surface area contributed by atoms with Crippen LogP contribution in [-0.4, -0.2) is 41.4 Å². The molecule has 0 N–H and O–H groups in total. The lowest BCUT2D eigenvalue weighted by atomic mass is 9.95. The first-order chi connectivity index (χ1) is 12.9. The average Bonchev–Trinajstić information content (AvgIpc) is 3.37. The molecule has 0 unspecified atom stereocenters. The van der Waals surface area contributed by atoms with Crippen LogP contribution in [0, 0.1) is 6.92 Å². The fraction of sp³-hybridized carbons (Fsp3) is 0.350. The first kappa shape index (κ1) is 17.2. The Labute approximate surface area is 163 Å². The van der Waals surface area contributed by atoms with Crippen molar-refractivity contribution < 1.29 is 8.42 Å². The van der Waals surface area contributed by atoms with Crippen LogP contribution in [0.4, 0.5) is 0 Å². The van der Waals surface area contributed by atoms with Gasteiger partial charge in [0, 0.05) is 54.1 Å². The van der Waals surface area contributed by atoms with Gasteiger partial charge in [-0.25, -0.2) is 8.42 Å². The summed E-state index contributed by atoms with van der Waals surface area (Å²) in [6, 6.07) is 10.0. The molecule has 0 saturated carbocycles. The molecule has 1 aromatic carbocycles. The molecule has 0 radical (unpaired) electrons. The van der Waals surface area contributed by atoms with Gasteiger partial charge in [-0.2, -0.15) is 5.10 Å². The Balaban J connectivity index is 1.48. The molecule has 140 valence electrons. The molecule has 1 saturated heterocycles. The Morgan fingerprint density at radius 3 is 2.74 bits per heavy atom. The standard InChI is InChI=1S/C20H21N3O2S2/c1-13-3-5-16(26-13)10-23-11-18-17-7-14(15-8-21-22(2)9-15)4-6-19(17)27(24,25)20(18)12-23/h3-9,18,20H,10-12H2,1-2H3/t18-,20+/m0/s1. The molecule has 2 atom stereocenters. The van der Waals surface area contributed by atoms with Crippen LogP contribution in [-0.2, 0) is 23.4 Å². The first-order valence-electron chi connectivity index (χ1n) is 9.06. The summed E-state index contributed by atoms with van der Waals surface area (Å²) in [4.78, 5) is 5.41. The number of aromatic nitrogens is 2. The summed E-state index contributed by atoms with van der Waals surface area (Å²) < 4.78 is 27.9. The molecule has 0 aliphatic carbocycles. The van der Waals surface area contributed by atoms with Crippen molar-refractivity contribution in [2.75, 3.05) is 13.1 Å². The third-order valence-corrected chi connectivity index (χ3v) is 8.91. The van der Waals surface area contributed by atoms with E-state index >= 15 is 0 Å². The molecule has 2 aliphatic heterocycles. The van der Waals surface area contributed by atoms with Crippen LogP contribution in [0.5, 0.6) is 0 Å². The molecule has 2 aromatic heterocycles.